The van der Waals surface area contributed by atoms with Crippen LogP contribution in [0, 0.1) is 11.8 Å². The molecule has 0 saturated heterocycles. The highest BCUT2D eigenvalue weighted by Gasteiger charge is 2.11. The lowest BCUT2D eigenvalue weighted by atomic mass is 9.87. The Balaban J connectivity index is 4.13. The Kier molecular flexibility index (Phi) is 4.95. The molecule has 66 valence electrons. The quantitative estimate of drug-likeness (QED) is 0.483. The summed E-state index contributed by atoms with van der Waals surface area (Å²) in [6, 6.07) is 0. The monoisotopic (exact) mass is 156 g/mol. The van der Waals surface area contributed by atoms with Crippen molar-refractivity contribution in [1.82, 2.24) is 5.43 Å². The van der Waals surface area contributed by atoms with Crippen molar-refractivity contribution in [2.24, 2.45) is 17.7 Å². The van der Waals surface area contributed by atoms with Gasteiger partial charge in [0.25, 0.3) is 0 Å². The first-order chi connectivity index (χ1) is 5.13. The molecule has 0 aromatic carbocycles. The zero-order valence-corrected chi connectivity index (χ0v) is 8.02. The molecule has 2 nitrogen and oxygen atoms in total. The Hall–Kier alpha value is -0.500. The molecule has 0 aliphatic heterocycles. The van der Waals surface area contributed by atoms with E-state index in [1.165, 1.54) is 12.0 Å². The Labute approximate surface area is 69.8 Å². The van der Waals surface area contributed by atoms with Gasteiger partial charge < -0.3 is 5.43 Å². The van der Waals surface area contributed by atoms with Gasteiger partial charge in [0.05, 0.1) is 0 Å². The third kappa shape index (κ3) is 3.42. The zero-order valence-electron chi connectivity index (χ0n) is 8.02. The first kappa shape index (κ1) is 10.5. The van der Waals surface area contributed by atoms with Crippen LogP contribution < -0.4 is 11.3 Å². The van der Waals surface area contributed by atoms with Crippen molar-refractivity contribution >= 4 is 0 Å². The molecular formula is C9H20N2. The minimum absolute atomic E-state index is 0.658. The lowest BCUT2D eigenvalue weighted by molar-refractivity contribution is 0.428. The van der Waals surface area contributed by atoms with Gasteiger partial charge in [0.2, 0.25) is 0 Å². The summed E-state index contributed by atoms with van der Waals surface area (Å²) in [5, 5.41) is 0. The van der Waals surface area contributed by atoms with E-state index in [-0.39, 0.29) is 0 Å². The summed E-state index contributed by atoms with van der Waals surface area (Å²) < 4.78 is 0. The first-order valence-electron chi connectivity index (χ1n) is 4.26. The number of nitrogens with one attached hydrogen (secondary N) is 1. The van der Waals surface area contributed by atoms with Crippen LogP contribution in [0.3, 0.4) is 0 Å². The largest absolute Gasteiger partial charge is 0.331 e. The highest BCUT2D eigenvalue weighted by Crippen LogP contribution is 2.22. The van der Waals surface area contributed by atoms with Gasteiger partial charge in [-0.05, 0) is 25.2 Å². The summed E-state index contributed by atoms with van der Waals surface area (Å²) in [7, 11) is 0. The molecule has 11 heavy (non-hydrogen) atoms. The fourth-order valence-corrected chi connectivity index (χ4v) is 1.56. The van der Waals surface area contributed by atoms with Crippen molar-refractivity contribution in [3.05, 3.63) is 11.8 Å². The second kappa shape index (κ2) is 5.19. The Morgan fingerprint density at radius 3 is 2.36 bits per heavy atom. The highest BCUT2D eigenvalue weighted by atomic mass is 15.2. The molecule has 3 N–H and O–H groups in total. The van der Waals surface area contributed by atoms with Crippen LogP contribution in [0.1, 0.15) is 34.1 Å². The van der Waals surface area contributed by atoms with Gasteiger partial charge in [-0.3, -0.25) is 5.84 Å². The number of rotatable bonds is 4. The van der Waals surface area contributed by atoms with Crippen molar-refractivity contribution in [1.29, 1.82) is 0 Å². The minimum Gasteiger partial charge on any atom is -0.331 e. The van der Waals surface area contributed by atoms with E-state index in [9.17, 15) is 0 Å². The van der Waals surface area contributed by atoms with Crippen molar-refractivity contribution in [3.8, 4) is 0 Å². The number of hydrogen-bond acceptors (Lipinski definition) is 2. The van der Waals surface area contributed by atoms with Crippen LogP contribution in [-0.4, -0.2) is 0 Å². The Bertz CT molecular complexity index is 128. The molecule has 1 unspecified atom stereocenters. The summed E-state index contributed by atoms with van der Waals surface area (Å²) in [5.74, 6) is 6.55. The standard InChI is InChI=1S/C9H20N2/c1-5-9(7(2)3)8(4)6-11-10/h6-7,9,11H,5,10H2,1-4H3/b8-6-. The third-order valence-corrected chi connectivity index (χ3v) is 2.14. The zero-order chi connectivity index (χ0) is 8.85. The van der Waals surface area contributed by atoms with Crippen molar-refractivity contribution in [2.45, 2.75) is 34.1 Å². The molecule has 0 spiro atoms. The smallest absolute Gasteiger partial charge is 0.0115 e. The maximum atomic E-state index is 5.20. The second-order valence-corrected chi connectivity index (χ2v) is 3.31. The Morgan fingerprint density at radius 2 is 2.09 bits per heavy atom. The van der Waals surface area contributed by atoms with E-state index >= 15 is 0 Å². The second-order valence-electron chi connectivity index (χ2n) is 3.31. The normalized spacial score (nSPS) is 15.3. The molecular weight excluding hydrogens is 136 g/mol. The van der Waals surface area contributed by atoms with Crippen molar-refractivity contribution in [2.75, 3.05) is 0 Å². The van der Waals surface area contributed by atoms with Crippen LogP contribution in [0.5, 0.6) is 0 Å². The average molecular weight is 156 g/mol. The van der Waals surface area contributed by atoms with Gasteiger partial charge >= 0.3 is 0 Å². The highest BCUT2D eigenvalue weighted by molar-refractivity contribution is 5.02. The molecule has 0 aliphatic rings. The predicted molar refractivity (Wildman–Crippen MR) is 49.7 cm³/mol. The lowest BCUT2D eigenvalue weighted by Gasteiger charge is -2.19. The average Bonchev–Trinajstić information content (AvgIpc) is 1.88. The van der Waals surface area contributed by atoms with Crippen LogP contribution >= 0.6 is 0 Å². The molecule has 0 saturated carbocycles. The molecule has 0 aromatic rings. The van der Waals surface area contributed by atoms with Crippen LogP contribution in [0.25, 0.3) is 0 Å². The number of hydrazine groups is 1. The van der Waals surface area contributed by atoms with Gasteiger partial charge in [-0.2, -0.15) is 0 Å². The van der Waals surface area contributed by atoms with E-state index < -0.39 is 0 Å². The molecule has 1 atom stereocenters. The van der Waals surface area contributed by atoms with E-state index in [1.807, 2.05) is 6.20 Å². The molecule has 2 heteroatoms. The van der Waals surface area contributed by atoms with E-state index in [0.717, 1.165) is 0 Å². The predicted octanol–water partition coefficient (Wildman–Crippen LogP) is 2.04. The summed E-state index contributed by atoms with van der Waals surface area (Å²) in [4.78, 5) is 0. The molecule has 0 bridgehead atoms. The van der Waals surface area contributed by atoms with Gasteiger partial charge in [0, 0.05) is 6.20 Å². The van der Waals surface area contributed by atoms with E-state index in [2.05, 4.69) is 33.1 Å². The lowest BCUT2D eigenvalue weighted by Crippen LogP contribution is -2.17. The van der Waals surface area contributed by atoms with Gasteiger partial charge in [-0.25, -0.2) is 0 Å². The summed E-state index contributed by atoms with van der Waals surface area (Å²) >= 11 is 0. The topological polar surface area (TPSA) is 38.0 Å². The van der Waals surface area contributed by atoms with Crippen LogP contribution in [-0.2, 0) is 0 Å². The number of hydrogen-bond donors (Lipinski definition) is 2. The molecule has 0 fully saturated rings. The third-order valence-electron chi connectivity index (χ3n) is 2.14. The number of nitrogens with two attached hydrogens (primary N) is 1. The molecule has 0 heterocycles. The van der Waals surface area contributed by atoms with Crippen molar-refractivity contribution < 1.29 is 0 Å². The number of allylic oxidation sites excluding steroid dienone is 1. The molecule has 0 radical (unpaired) electrons. The SMILES string of the molecule is CCC(/C(C)=C\NN)C(C)C. The molecule has 0 aliphatic carbocycles. The van der Waals surface area contributed by atoms with Gasteiger partial charge in [-0.15, -0.1) is 0 Å². The van der Waals surface area contributed by atoms with Gasteiger partial charge in [-0.1, -0.05) is 26.3 Å². The first-order valence-corrected chi connectivity index (χ1v) is 4.26. The molecule has 0 rings (SSSR count). The Morgan fingerprint density at radius 1 is 1.55 bits per heavy atom. The van der Waals surface area contributed by atoms with Crippen molar-refractivity contribution in [3.63, 3.8) is 0 Å². The van der Waals surface area contributed by atoms with E-state index in [0.29, 0.717) is 11.8 Å². The van der Waals surface area contributed by atoms with Gasteiger partial charge in [0.15, 0.2) is 0 Å². The van der Waals surface area contributed by atoms with E-state index in [4.69, 9.17) is 5.84 Å². The summed E-state index contributed by atoms with van der Waals surface area (Å²) in [5.41, 5.74) is 3.91. The van der Waals surface area contributed by atoms with Crippen LogP contribution in [0.2, 0.25) is 0 Å². The summed E-state index contributed by atoms with van der Waals surface area (Å²) in [6.45, 7) is 8.80. The fourth-order valence-electron chi connectivity index (χ4n) is 1.56. The van der Waals surface area contributed by atoms with E-state index in [1.54, 1.807) is 0 Å². The molecule has 0 aromatic heterocycles. The maximum absolute atomic E-state index is 5.20. The van der Waals surface area contributed by atoms with Crippen LogP contribution in [0.15, 0.2) is 11.8 Å². The van der Waals surface area contributed by atoms with Crippen LogP contribution in [0.4, 0.5) is 0 Å². The summed E-state index contributed by atoms with van der Waals surface area (Å²) in [6.07, 6.45) is 3.07. The molecule has 0 amide bonds. The maximum Gasteiger partial charge on any atom is 0.0115 e. The minimum atomic E-state index is 0.658. The van der Waals surface area contributed by atoms with Gasteiger partial charge in [0.1, 0.15) is 0 Å². The fraction of sp³-hybridized carbons (Fsp3) is 0.778.